The summed E-state index contributed by atoms with van der Waals surface area (Å²) in [5, 5.41) is 0. The van der Waals surface area contributed by atoms with E-state index in [0.29, 0.717) is 0 Å². The van der Waals surface area contributed by atoms with E-state index < -0.39 is 50.1 Å². The molecule has 70 valence electrons. The Morgan fingerprint density at radius 1 is 2.00 bits per heavy atom. The van der Waals surface area contributed by atoms with E-state index in [1.807, 2.05) is 0 Å². The van der Waals surface area contributed by atoms with Crippen molar-refractivity contribution in [3.63, 3.8) is 0 Å². The lowest BCUT2D eigenvalue weighted by molar-refractivity contribution is 0.0787. The zero-order chi connectivity index (χ0) is 18.9. The first-order valence-corrected chi connectivity index (χ1v) is 4.01. The number of rotatable bonds is 2. The first-order valence-electron chi connectivity index (χ1n) is 8.72. The molecule has 0 unspecified atom stereocenters. The number of methoxy groups -OCH3 is 1. The predicted molar refractivity (Wildman–Crippen MR) is 54.9 cm³/mol. The minimum Gasteiger partial charge on any atom is -0.378 e. The molecule has 0 spiro atoms. The van der Waals surface area contributed by atoms with Gasteiger partial charge < -0.3 is 9.64 Å². The molecule has 0 bridgehead atoms. The van der Waals surface area contributed by atoms with Gasteiger partial charge >= 0.3 is 0 Å². The molecule has 0 aromatic carbocycles. The number of ether oxygens (including phenoxy) is 1. The van der Waals surface area contributed by atoms with Gasteiger partial charge in [-0.2, -0.15) is 0 Å². The number of anilines is 1. The highest BCUT2D eigenvalue weighted by molar-refractivity contribution is 9.10. The van der Waals surface area contributed by atoms with Crippen molar-refractivity contribution < 1.29 is 19.8 Å². The lowest BCUT2D eigenvalue weighted by atomic mass is 10.1. The highest BCUT2D eigenvalue weighted by atomic mass is 79.9. The van der Waals surface area contributed by atoms with Gasteiger partial charge in [0, 0.05) is 31.9 Å². The quantitative estimate of drug-likeness (QED) is 0.751. The molecule has 13 heavy (non-hydrogen) atoms. The van der Waals surface area contributed by atoms with E-state index in [-0.39, 0.29) is 9.50 Å². The van der Waals surface area contributed by atoms with Crippen LogP contribution in [0.4, 0.5) is 5.69 Å². The molecule has 1 aliphatic rings. The molecule has 0 atom stereocenters. The lowest BCUT2D eigenvalue weighted by Crippen LogP contribution is -2.51. The van der Waals surface area contributed by atoms with Gasteiger partial charge in [-0.3, -0.25) is 0 Å². The zero-order valence-electron chi connectivity index (χ0n) is 17.2. The standard InChI is InChI=1S/C9H11BrN2O/c1-13-8-5-12(6-8)7-2-3-11-9(10)4-7/h2-4,8H,5-6H2,1H3/i1D3,2D,3D,4D,5D2,6D2,8D. The highest BCUT2D eigenvalue weighted by Gasteiger charge is 2.26. The average Bonchev–Trinajstić information content (AvgIpc) is 2.38. The van der Waals surface area contributed by atoms with Crippen LogP contribution >= 0.6 is 15.9 Å². The number of aromatic nitrogens is 1. The molecule has 0 N–H and O–H groups in total. The Hall–Kier alpha value is -0.610. The maximum atomic E-state index is 7.91. The molecule has 0 amide bonds. The number of hydrogen-bond donors (Lipinski definition) is 0. The molecule has 1 fully saturated rings. The van der Waals surface area contributed by atoms with E-state index in [9.17, 15) is 0 Å². The van der Waals surface area contributed by atoms with Crippen LogP contribution < -0.4 is 4.90 Å². The van der Waals surface area contributed by atoms with E-state index in [1.165, 1.54) is 0 Å². The van der Waals surface area contributed by atoms with Gasteiger partial charge in [0.25, 0.3) is 0 Å². The predicted octanol–water partition coefficient (Wildman–Crippen LogP) is 1.68. The Balaban J connectivity index is 2.64. The molecule has 0 radical (unpaired) electrons. The van der Waals surface area contributed by atoms with Crippen LogP contribution in [0.1, 0.15) is 15.1 Å². The summed E-state index contributed by atoms with van der Waals surface area (Å²) >= 11 is 2.86. The van der Waals surface area contributed by atoms with Crippen LogP contribution in [-0.4, -0.2) is 31.1 Å². The Labute approximate surface area is 101 Å². The van der Waals surface area contributed by atoms with Crippen LogP contribution in [0.25, 0.3) is 0 Å². The fourth-order valence-electron chi connectivity index (χ4n) is 0.759. The lowest BCUT2D eigenvalue weighted by Gasteiger charge is -2.39. The van der Waals surface area contributed by atoms with Crippen LogP contribution in [0, 0.1) is 0 Å². The third-order valence-corrected chi connectivity index (χ3v) is 1.68. The number of pyridine rings is 1. The maximum Gasteiger partial charge on any atom is 0.108 e. The first kappa shape index (κ1) is 2.70. The molecule has 0 saturated carbocycles. The normalized spacial score (nSPS) is 40.7. The van der Waals surface area contributed by atoms with Crippen LogP contribution in [0.15, 0.2) is 22.9 Å². The molecule has 0 aliphatic carbocycles. The van der Waals surface area contributed by atoms with E-state index in [1.54, 1.807) is 0 Å². The third-order valence-electron chi connectivity index (χ3n) is 1.30. The summed E-state index contributed by atoms with van der Waals surface area (Å²) in [4.78, 5) is 3.79. The van der Waals surface area contributed by atoms with Gasteiger partial charge in [-0.05, 0) is 28.0 Å². The summed E-state index contributed by atoms with van der Waals surface area (Å²) in [7, 11) is -3.23. The molecular weight excluding hydrogens is 232 g/mol. The van der Waals surface area contributed by atoms with Crippen molar-refractivity contribution in [1.82, 2.24) is 4.98 Å². The third kappa shape index (κ3) is 1.84. The van der Waals surface area contributed by atoms with E-state index in [2.05, 4.69) is 25.7 Å². The largest absolute Gasteiger partial charge is 0.378 e. The van der Waals surface area contributed by atoms with Crippen molar-refractivity contribution >= 4 is 21.6 Å². The zero-order valence-corrected chi connectivity index (χ0v) is 7.77. The summed E-state index contributed by atoms with van der Waals surface area (Å²) in [5.41, 5.74) is -0.631. The van der Waals surface area contributed by atoms with Crippen molar-refractivity contribution in [1.29, 1.82) is 0 Å². The Kier molecular flexibility index (Phi) is 0.756. The van der Waals surface area contributed by atoms with Crippen molar-refractivity contribution in [3.8, 4) is 0 Å². The Morgan fingerprint density at radius 2 is 2.85 bits per heavy atom. The molecule has 2 rings (SSSR count). The van der Waals surface area contributed by atoms with E-state index in [4.69, 9.17) is 15.1 Å². The van der Waals surface area contributed by atoms with Crippen LogP contribution in [0.2, 0.25) is 0 Å². The Bertz CT molecular complexity index is 649. The van der Waals surface area contributed by atoms with Crippen LogP contribution in [-0.2, 0) is 4.74 Å². The number of hydrogen-bond acceptors (Lipinski definition) is 3. The summed E-state index contributed by atoms with van der Waals surface area (Å²) in [6.45, 7) is -6.05. The Morgan fingerprint density at radius 3 is 3.62 bits per heavy atom. The van der Waals surface area contributed by atoms with Gasteiger partial charge in [0.05, 0.1) is 21.2 Å². The van der Waals surface area contributed by atoms with Crippen molar-refractivity contribution in [3.05, 3.63) is 22.9 Å². The fourth-order valence-corrected chi connectivity index (χ4v) is 1.04. The van der Waals surface area contributed by atoms with Gasteiger partial charge in [0.15, 0.2) is 0 Å². The van der Waals surface area contributed by atoms with Gasteiger partial charge in [0.1, 0.15) is 4.60 Å². The SMILES string of the molecule is [2H]c1nc(Br)c([2H])c(N2C([2H])([2H])C([2H])(OC([2H])([2H])[2H])C2([2H])[2H])c1[2H]. The second-order valence-electron chi connectivity index (χ2n) is 2.10. The van der Waals surface area contributed by atoms with Gasteiger partial charge in [-0.25, -0.2) is 4.98 Å². The summed E-state index contributed by atoms with van der Waals surface area (Å²) in [5.74, 6) is 0. The van der Waals surface area contributed by atoms with Gasteiger partial charge in [-0.15, -0.1) is 0 Å². The fraction of sp³-hybridized carbons (Fsp3) is 0.444. The molecule has 3 nitrogen and oxygen atoms in total. The molecule has 2 heterocycles. The van der Waals surface area contributed by atoms with Crippen molar-refractivity contribution in [2.24, 2.45) is 0 Å². The molecule has 1 aromatic rings. The molecular formula is C9H11BrN2O. The number of nitrogens with zero attached hydrogens (tertiary/aromatic N) is 2. The van der Waals surface area contributed by atoms with Crippen LogP contribution in [0.5, 0.6) is 0 Å². The average molecular weight is 254 g/mol. The number of halogens is 1. The molecule has 1 aliphatic heterocycles. The minimum absolute atomic E-state index is 0.218. The molecule has 1 saturated heterocycles. The maximum absolute atomic E-state index is 7.91. The van der Waals surface area contributed by atoms with Gasteiger partial charge in [0.2, 0.25) is 0 Å². The molecule has 4 heteroatoms. The van der Waals surface area contributed by atoms with E-state index >= 15 is 0 Å². The topological polar surface area (TPSA) is 25.4 Å². The smallest absolute Gasteiger partial charge is 0.108 e. The summed E-state index contributed by atoms with van der Waals surface area (Å²) < 4.78 is 87.9. The van der Waals surface area contributed by atoms with Crippen LogP contribution in [0.3, 0.4) is 0 Å². The second-order valence-corrected chi connectivity index (χ2v) is 2.85. The first-order chi connectivity index (χ1) is 10.6. The molecule has 1 aromatic heterocycles. The highest BCUT2D eigenvalue weighted by Crippen LogP contribution is 2.23. The van der Waals surface area contributed by atoms with Gasteiger partial charge in [-0.1, -0.05) is 0 Å². The van der Waals surface area contributed by atoms with E-state index in [0.717, 1.165) is 0 Å². The summed E-state index contributed by atoms with van der Waals surface area (Å²) in [6.07, 6.45) is -3.78. The van der Waals surface area contributed by atoms with Crippen molar-refractivity contribution in [2.45, 2.75) is 6.08 Å². The van der Waals surface area contributed by atoms with Crippen molar-refractivity contribution in [2.75, 3.05) is 24.9 Å². The monoisotopic (exact) mass is 253 g/mol. The second kappa shape index (κ2) is 3.64. The summed E-state index contributed by atoms with van der Waals surface area (Å²) in [6, 6.07) is -1.30. The minimum atomic E-state index is -3.23.